The molecule has 6 heteroatoms. The molecule has 3 aromatic rings. The Morgan fingerprint density at radius 2 is 1.60 bits per heavy atom. The van der Waals surface area contributed by atoms with Crippen LogP contribution in [-0.4, -0.2) is 10.4 Å². The summed E-state index contributed by atoms with van der Waals surface area (Å²) >= 11 is 5.80. The number of rotatable bonds is 3. The van der Waals surface area contributed by atoms with E-state index in [-0.39, 0.29) is 16.8 Å². The van der Waals surface area contributed by atoms with E-state index >= 15 is 0 Å². The molecule has 0 bridgehead atoms. The molecule has 128 valence electrons. The van der Waals surface area contributed by atoms with Crippen molar-refractivity contribution in [3.63, 3.8) is 0 Å². The van der Waals surface area contributed by atoms with Gasteiger partial charge < -0.3 is 4.57 Å². The monoisotopic (exact) mass is 363 g/mol. The van der Waals surface area contributed by atoms with Gasteiger partial charge >= 0.3 is 6.18 Å². The fourth-order valence-electron chi connectivity index (χ4n) is 2.71. The molecule has 0 radical (unpaired) electrons. The third-order valence-electron chi connectivity index (χ3n) is 3.90. The molecule has 0 aliphatic heterocycles. The zero-order chi connectivity index (χ0) is 18.2. The summed E-state index contributed by atoms with van der Waals surface area (Å²) in [6, 6.07) is 15.1. The fraction of sp³-hybridized carbons (Fsp3) is 0.105. The van der Waals surface area contributed by atoms with Gasteiger partial charge in [0.15, 0.2) is 5.78 Å². The zero-order valence-electron chi connectivity index (χ0n) is 13.1. The third kappa shape index (κ3) is 3.33. The maximum absolute atomic E-state index is 13.5. The molecule has 0 atom stereocenters. The molecule has 0 aliphatic carbocycles. The fourth-order valence-corrected chi connectivity index (χ4v) is 2.84. The second kappa shape index (κ2) is 6.41. The number of ketones is 1. The molecular weight excluding hydrogens is 351 g/mol. The van der Waals surface area contributed by atoms with Gasteiger partial charge in [-0.25, -0.2) is 0 Å². The van der Waals surface area contributed by atoms with Gasteiger partial charge in [0, 0.05) is 27.5 Å². The minimum atomic E-state index is -4.58. The number of nitrogens with zero attached hydrogens (tertiary/aromatic N) is 1. The van der Waals surface area contributed by atoms with Gasteiger partial charge in [0.2, 0.25) is 0 Å². The lowest BCUT2D eigenvalue weighted by Crippen LogP contribution is -2.13. The number of halogens is 4. The molecule has 2 aromatic carbocycles. The van der Waals surface area contributed by atoms with Crippen LogP contribution in [0.3, 0.4) is 0 Å². The highest BCUT2D eigenvalue weighted by atomic mass is 35.5. The molecule has 0 N–H and O–H groups in total. The van der Waals surface area contributed by atoms with Crippen molar-refractivity contribution >= 4 is 17.4 Å². The number of aromatic nitrogens is 1. The van der Waals surface area contributed by atoms with Crippen molar-refractivity contribution in [1.82, 2.24) is 4.57 Å². The van der Waals surface area contributed by atoms with Crippen molar-refractivity contribution in [2.24, 2.45) is 0 Å². The molecule has 0 aliphatic rings. The highest BCUT2D eigenvalue weighted by Gasteiger charge is 2.37. The number of hydrogen-bond donors (Lipinski definition) is 0. The van der Waals surface area contributed by atoms with E-state index in [1.807, 2.05) is 0 Å². The minimum Gasteiger partial charge on any atom is -0.309 e. The standard InChI is InChI=1S/C19H13ClF3NO/c1-12-16(18(25)13-7-9-14(20)10-8-13)11-17(19(21,22)23)24(12)15-5-3-2-4-6-15/h2-11H,1H3. The van der Waals surface area contributed by atoms with Crippen molar-refractivity contribution < 1.29 is 18.0 Å². The van der Waals surface area contributed by atoms with Crippen LogP contribution in [0.15, 0.2) is 60.7 Å². The van der Waals surface area contributed by atoms with E-state index in [1.165, 1.54) is 31.2 Å². The quantitative estimate of drug-likeness (QED) is 0.548. The summed E-state index contributed by atoms with van der Waals surface area (Å²) in [5.41, 5.74) is -0.000550. The Morgan fingerprint density at radius 1 is 1.00 bits per heavy atom. The molecule has 3 rings (SSSR count). The second-order valence-electron chi connectivity index (χ2n) is 5.53. The van der Waals surface area contributed by atoms with Crippen LogP contribution in [0.25, 0.3) is 5.69 Å². The lowest BCUT2D eigenvalue weighted by Gasteiger charge is -2.13. The second-order valence-corrected chi connectivity index (χ2v) is 5.97. The van der Waals surface area contributed by atoms with Gasteiger partial charge in [-0.05, 0) is 49.4 Å². The smallest absolute Gasteiger partial charge is 0.309 e. The van der Waals surface area contributed by atoms with Gasteiger partial charge in [0.05, 0.1) is 0 Å². The van der Waals surface area contributed by atoms with E-state index < -0.39 is 17.7 Å². The van der Waals surface area contributed by atoms with Gasteiger partial charge in [-0.2, -0.15) is 13.2 Å². The Hall–Kier alpha value is -2.53. The van der Waals surface area contributed by atoms with Crippen molar-refractivity contribution in [1.29, 1.82) is 0 Å². The molecule has 1 aromatic heterocycles. The van der Waals surface area contributed by atoms with Gasteiger partial charge in [0.25, 0.3) is 0 Å². The van der Waals surface area contributed by atoms with E-state index in [1.54, 1.807) is 30.3 Å². The zero-order valence-corrected chi connectivity index (χ0v) is 13.9. The normalized spacial score (nSPS) is 11.6. The first-order valence-electron chi connectivity index (χ1n) is 7.44. The number of hydrogen-bond acceptors (Lipinski definition) is 1. The van der Waals surface area contributed by atoms with E-state index in [0.29, 0.717) is 10.7 Å². The van der Waals surface area contributed by atoms with E-state index in [9.17, 15) is 18.0 Å². The third-order valence-corrected chi connectivity index (χ3v) is 4.15. The molecule has 25 heavy (non-hydrogen) atoms. The highest BCUT2D eigenvalue weighted by Crippen LogP contribution is 2.35. The average Bonchev–Trinajstić information content (AvgIpc) is 2.93. The van der Waals surface area contributed by atoms with Crippen LogP contribution in [0.5, 0.6) is 0 Å². The van der Waals surface area contributed by atoms with Crippen LogP contribution in [0, 0.1) is 6.92 Å². The van der Waals surface area contributed by atoms with Crippen LogP contribution < -0.4 is 0 Å². The van der Waals surface area contributed by atoms with Crippen LogP contribution >= 0.6 is 11.6 Å². The van der Waals surface area contributed by atoms with Crippen molar-refractivity contribution in [3.05, 3.63) is 88.2 Å². The maximum Gasteiger partial charge on any atom is 0.431 e. The number of para-hydroxylation sites is 1. The van der Waals surface area contributed by atoms with E-state index in [2.05, 4.69) is 0 Å². The maximum atomic E-state index is 13.5. The molecule has 0 saturated heterocycles. The van der Waals surface area contributed by atoms with Crippen LogP contribution in [-0.2, 0) is 6.18 Å². The van der Waals surface area contributed by atoms with Gasteiger partial charge in [-0.15, -0.1) is 0 Å². The molecule has 1 heterocycles. The van der Waals surface area contributed by atoms with E-state index in [0.717, 1.165) is 10.6 Å². The summed E-state index contributed by atoms with van der Waals surface area (Å²) in [7, 11) is 0. The lowest BCUT2D eigenvalue weighted by molar-refractivity contribution is -0.142. The summed E-state index contributed by atoms with van der Waals surface area (Å²) in [4.78, 5) is 12.7. The number of alkyl halides is 3. The number of carbonyl (C=O) groups is 1. The largest absolute Gasteiger partial charge is 0.431 e. The molecule has 2 nitrogen and oxygen atoms in total. The lowest BCUT2D eigenvalue weighted by atomic mass is 10.0. The molecule has 0 fully saturated rings. The average molecular weight is 364 g/mol. The summed E-state index contributed by atoms with van der Waals surface area (Å²) in [5, 5.41) is 0.450. The van der Waals surface area contributed by atoms with Crippen LogP contribution in [0.4, 0.5) is 13.2 Å². The first kappa shape index (κ1) is 17.3. The first-order chi connectivity index (χ1) is 11.8. The molecule has 0 spiro atoms. The van der Waals surface area contributed by atoms with Gasteiger partial charge in [0.1, 0.15) is 5.69 Å². The Labute approximate surface area is 147 Å². The molecular formula is C19H13ClF3NO. The summed E-state index contributed by atoms with van der Waals surface area (Å²) in [6.07, 6.45) is -4.58. The Kier molecular flexibility index (Phi) is 4.43. The Bertz CT molecular complexity index is 912. The van der Waals surface area contributed by atoms with Crippen LogP contribution in [0.1, 0.15) is 27.3 Å². The van der Waals surface area contributed by atoms with Crippen LogP contribution in [0.2, 0.25) is 5.02 Å². The Morgan fingerprint density at radius 3 is 2.16 bits per heavy atom. The highest BCUT2D eigenvalue weighted by molar-refractivity contribution is 6.30. The number of benzene rings is 2. The van der Waals surface area contributed by atoms with Gasteiger partial charge in [-0.3, -0.25) is 4.79 Å². The summed E-state index contributed by atoms with van der Waals surface area (Å²) in [5.74, 6) is -0.477. The van der Waals surface area contributed by atoms with Crippen molar-refractivity contribution in [2.45, 2.75) is 13.1 Å². The summed E-state index contributed by atoms with van der Waals surface area (Å²) in [6.45, 7) is 1.51. The topological polar surface area (TPSA) is 22.0 Å². The van der Waals surface area contributed by atoms with Gasteiger partial charge in [-0.1, -0.05) is 29.8 Å². The van der Waals surface area contributed by atoms with Crippen molar-refractivity contribution in [2.75, 3.05) is 0 Å². The minimum absolute atomic E-state index is 0.0125. The molecule has 0 unspecified atom stereocenters. The summed E-state index contributed by atoms with van der Waals surface area (Å²) < 4.78 is 41.5. The number of carbonyl (C=O) groups excluding carboxylic acids is 1. The Balaban J connectivity index is 2.18. The van der Waals surface area contributed by atoms with E-state index in [4.69, 9.17) is 11.6 Å². The first-order valence-corrected chi connectivity index (χ1v) is 7.82. The molecule has 0 amide bonds. The van der Waals surface area contributed by atoms with Crippen molar-refractivity contribution in [3.8, 4) is 5.69 Å². The molecule has 0 saturated carbocycles. The predicted octanol–water partition coefficient (Wildman–Crippen LogP) is 5.69. The predicted molar refractivity (Wildman–Crippen MR) is 90.4 cm³/mol. The SMILES string of the molecule is Cc1c(C(=O)c2ccc(Cl)cc2)cc(C(F)(F)F)n1-c1ccccc1.